The minimum Gasteiger partial charge on any atom is -0.451 e. The van der Waals surface area contributed by atoms with Crippen LogP contribution in [-0.2, 0) is 13.6 Å². The van der Waals surface area contributed by atoms with E-state index in [-0.39, 0.29) is 23.1 Å². The number of aryl methyl sites for hydroxylation is 1. The molecule has 1 amide bonds. The van der Waals surface area contributed by atoms with Gasteiger partial charge in [0, 0.05) is 61.6 Å². The van der Waals surface area contributed by atoms with Crippen LogP contribution in [0.25, 0.3) is 21.9 Å². The van der Waals surface area contributed by atoms with E-state index in [2.05, 4.69) is 52.3 Å². The van der Waals surface area contributed by atoms with E-state index in [0.29, 0.717) is 16.0 Å². The summed E-state index contributed by atoms with van der Waals surface area (Å²) in [5.41, 5.74) is 2.60. The van der Waals surface area contributed by atoms with Gasteiger partial charge in [-0.3, -0.25) is 14.5 Å². The number of hydrogen-bond donors (Lipinski definition) is 1. The van der Waals surface area contributed by atoms with Gasteiger partial charge in [0.25, 0.3) is 5.91 Å². The number of hydrogen-bond acceptors (Lipinski definition) is 4. The molecule has 0 unspecified atom stereocenters. The van der Waals surface area contributed by atoms with E-state index in [1.807, 2.05) is 0 Å². The first-order valence-electron chi connectivity index (χ1n) is 10.8. The van der Waals surface area contributed by atoms with Gasteiger partial charge in [0.1, 0.15) is 5.58 Å². The number of fused-ring (bicyclic) bond motifs is 2. The van der Waals surface area contributed by atoms with Gasteiger partial charge >= 0.3 is 0 Å². The Bertz CT molecular complexity index is 1370. The van der Waals surface area contributed by atoms with E-state index in [9.17, 15) is 9.59 Å². The van der Waals surface area contributed by atoms with Gasteiger partial charge in [-0.1, -0.05) is 17.7 Å². The van der Waals surface area contributed by atoms with E-state index in [4.69, 9.17) is 16.0 Å². The Kier molecular flexibility index (Phi) is 5.49. The van der Waals surface area contributed by atoms with E-state index in [1.54, 1.807) is 18.2 Å². The zero-order chi connectivity index (χ0) is 22.2. The second kappa shape index (κ2) is 8.45. The molecule has 5 rings (SSSR count). The SMILES string of the molecule is Cn1ccc2cc(CN3CCC(NC(=O)c4cc(=O)c5ccc(Cl)cc5o4)CC3)ccc21. The van der Waals surface area contributed by atoms with Crippen LogP contribution in [0.1, 0.15) is 29.0 Å². The van der Waals surface area contributed by atoms with Crippen molar-refractivity contribution in [2.75, 3.05) is 13.1 Å². The maximum absolute atomic E-state index is 12.7. The Labute approximate surface area is 190 Å². The molecule has 0 bridgehead atoms. The Hall–Kier alpha value is -3.09. The minimum absolute atomic E-state index is 0.0170. The lowest BCUT2D eigenvalue weighted by atomic mass is 10.0. The highest BCUT2D eigenvalue weighted by Gasteiger charge is 2.23. The van der Waals surface area contributed by atoms with Crippen molar-refractivity contribution in [3.63, 3.8) is 0 Å². The third-order valence-electron chi connectivity index (χ3n) is 6.19. The molecule has 3 heterocycles. The Morgan fingerprint density at radius 2 is 1.94 bits per heavy atom. The van der Waals surface area contributed by atoms with Gasteiger partial charge in [-0.2, -0.15) is 0 Å². The number of carbonyl (C=O) groups is 1. The second-order valence-electron chi connectivity index (χ2n) is 8.46. The number of rotatable bonds is 4. The number of likely N-dealkylation sites (tertiary alicyclic amines) is 1. The summed E-state index contributed by atoms with van der Waals surface area (Å²) < 4.78 is 7.78. The lowest BCUT2D eigenvalue weighted by molar-refractivity contribution is 0.0881. The van der Waals surface area contributed by atoms with Crippen LogP contribution >= 0.6 is 11.6 Å². The predicted molar refractivity (Wildman–Crippen MR) is 126 cm³/mol. The molecule has 1 saturated heterocycles. The van der Waals surface area contributed by atoms with Crippen LogP contribution < -0.4 is 10.7 Å². The molecule has 1 aliphatic heterocycles. The van der Waals surface area contributed by atoms with Crippen LogP contribution in [0.4, 0.5) is 0 Å². The van der Waals surface area contributed by atoms with Gasteiger partial charge in [-0.25, -0.2) is 0 Å². The summed E-state index contributed by atoms with van der Waals surface area (Å²) >= 11 is 5.99. The highest BCUT2D eigenvalue weighted by atomic mass is 35.5. The summed E-state index contributed by atoms with van der Waals surface area (Å²) in [4.78, 5) is 27.4. The Morgan fingerprint density at radius 1 is 1.12 bits per heavy atom. The van der Waals surface area contributed by atoms with Crippen molar-refractivity contribution in [1.29, 1.82) is 0 Å². The predicted octanol–water partition coefficient (Wildman–Crippen LogP) is 4.33. The van der Waals surface area contributed by atoms with Crippen molar-refractivity contribution in [1.82, 2.24) is 14.8 Å². The number of amides is 1. The van der Waals surface area contributed by atoms with Crippen LogP contribution in [0.5, 0.6) is 0 Å². The fourth-order valence-corrected chi connectivity index (χ4v) is 4.58. The van der Waals surface area contributed by atoms with Crippen molar-refractivity contribution in [2.45, 2.75) is 25.4 Å². The highest BCUT2D eigenvalue weighted by molar-refractivity contribution is 6.31. The molecule has 164 valence electrons. The van der Waals surface area contributed by atoms with Gasteiger partial charge < -0.3 is 14.3 Å². The molecule has 32 heavy (non-hydrogen) atoms. The van der Waals surface area contributed by atoms with Gasteiger partial charge in [0.15, 0.2) is 11.2 Å². The molecule has 7 heteroatoms. The number of piperidine rings is 1. The van der Waals surface area contributed by atoms with Crippen molar-refractivity contribution >= 4 is 39.4 Å². The minimum atomic E-state index is -0.364. The van der Waals surface area contributed by atoms with E-state index >= 15 is 0 Å². The van der Waals surface area contributed by atoms with Crippen molar-refractivity contribution in [2.24, 2.45) is 7.05 Å². The summed E-state index contributed by atoms with van der Waals surface area (Å²) in [5.74, 6) is -0.347. The highest BCUT2D eigenvalue weighted by Crippen LogP contribution is 2.21. The first-order chi connectivity index (χ1) is 15.5. The van der Waals surface area contributed by atoms with Gasteiger partial charge in [-0.15, -0.1) is 0 Å². The fraction of sp³-hybridized carbons (Fsp3) is 0.280. The molecule has 2 aromatic heterocycles. The summed E-state index contributed by atoms with van der Waals surface area (Å²) in [6, 6.07) is 14.8. The molecular formula is C25H24ClN3O3. The third-order valence-corrected chi connectivity index (χ3v) is 6.43. The van der Waals surface area contributed by atoms with E-state index in [1.165, 1.54) is 22.5 Å². The maximum Gasteiger partial charge on any atom is 0.287 e. The van der Waals surface area contributed by atoms with E-state index < -0.39 is 0 Å². The molecule has 1 fully saturated rings. The molecule has 0 saturated carbocycles. The first kappa shape index (κ1) is 20.8. The van der Waals surface area contributed by atoms with Crippen LogP contribution in [0.15, 0.2) is 63.9 Å². The standard InChI is InChI=1S/C25H24ClN3O3/c1-28-9-6-17-12-16(2-5-21(17)28)15-29-10-7-19(8-11-29)27-25(31)24-14-22(30)20-4-3-18(26)13-23(20)32-24/h2-6,9,12-14,19H,7-8,10-11,15H2,1H3,(H,27,31). The van der Waals surface area contributed by atoms with Crippen LogP contribution in [0, 0.1) is 0 Å². The molecule has 4 aromatic rings. The molecule has 1 aliphatic rings. The zero-order valence-corrected chi connectivity index (χ0v) is 18.6. The van der Waals surface area contributed by atoms with Crippen molar-refractivity contribution < 1.29 is 9.21 Å². The van der Waals surface area contributed by atoms with Gasteiger partial charge in [-0.05, 0) is 54.1 Å². The lowest BCUT2D eigenvalue weighted by Crippen LogP contribution is -2.44. The Morgan fingerprint density at radius 3 is 2.75 bits per heavy atom. The number of carbonyl (C=O) groups excluding carboxylic acids is 1. The molecule has 0 aliphatic carbocycles. The number of aromatic nitrogens is 1. The maximum atomic E-state index is 12.7. The molecule has 1 N–H and O–H groups in total. The van der Waals surface area contributed by atoms with Crippen LogP contribution in [0.2, 0.25) is 5.02 Å². The normalized spacial score (nSPS) is 15.4. The molecule has 0 spiro atoms. The zero-order valence-electron chi connectivity index (χ0n) is 17.8. The number of nitrogens with zero attached hydrogens (tertiary/aromatic N) is 2. The number of benzene rings is 2. The number of halogens is 1. The number of nitrogens with one attached hydrogen (secondary N) is 1. The van der Waals surface area contributed by atoms with E-state index in [0.717, 1.165) is 32.5 Å². The molecule has 0 atom stereocenters. The average Bonchev–Trinajstić information content (AvgIpc) is 3.14. The molecule has 0 radical (unpaired) electrons. The molecular weight excluding hydrogens is 426 g/mol. The summed E-state index contributed by atoms with van der Waals surface area (Å²) in [5, 5.41) is 5.14. The molecule has 2 aromatic carbocycles. The van der Waals surface area contributed by atoms with Crippen molar-refractivity contribution in [3.8, 4) is 0 Å². The van der Waals surface area contributed by atoms with Gasteiger partial charge in [0.2, 0.25) is 0 Å². The first-order valence-corrected chi connectivity index (χ1v) is 11.1. The second-order valence-corrected chi connectivity index (χ2v) is 8.90. The largest absolute Gasteiger partial charge is 0.451 e. The summed E-state index contributed by atoms with van der Waals surface area (Å²) in [7, 11) is 2.05. The molecule has 6 nitrogen and oxygen atoms in total. The smallest absolute Gasteiger partial charge is 0.287 e. The van der Waals surface area contributed by atoms with Crippen molar-refractivity contribution in [3.05, 3.63) is 81.3 Å². The summed E-state index contributed by atoms with van der Waals surface area (Å²) in [6.45, 7) is 2.69. The van der Waals surface area contributed by atoms with Crippen LogP contribution in [0.3, 0.4) is 0 Å². The topological polar surface area (TPSA) is 67.5 Å². The summed E-state index contributed by atoms with van der Waals surface area (Å²) in [6.07, 6.45) is 3.78. The monoisotopic (exact) mass is 449 g/mol. The van der Waals surface area contributed by atoms with Gasteiger partial charge in [0.05, 0.1) is 5.39 Å². The quantitative estimate of drug-likeness (QED) is 0.503. The van der Waals surface area contributed by atoms with Crippen LogP contribution in [-0.4, -0.2) is 34.5 Å². The lowest BCUT2D eigenvalue weighted by Gasteiger charge is -2.32. The fourth-order valence-electron chi connectivity index (χ4n) is 4.42. The Balaban J connectivity index is 1.20. The third kappa shape index (κ3) is 4.16. The average molecular weight is 450 g/mol.